The summed E-state index contributed by atoms with van der Waals surface area (Å²) < 4.78 is 48.3. The Morgan fingerprint density at radius 1 is 0.926 bits per heavy atom. The van der Waals surface area contributed by atoms with E-state index in [-0.39, 0.29) is 0 Å². The molecular weight excluding hydrogens is 375 g/mol. The van der Waals surface area contributed by atoms with Crippen molar-refractivity contribution in [2.75, 3.05) is 14.2 Å². The number of methoxy groups -OCH3 is 2. The van der Waals surface area contributed by atoms with Gasteiger partial charge in [0.1, 0.15) is 5.01 Å². The Hall–Kier alpha value is -2.80. The van der Waals surface area contributed by atoms with E-state index >= 15 is 0 Å². The van der Waals surface area contributed by atoms with Gasteiger partial charge in [0.15, 0.2) is 11.5 Å². The Morgan fingerprint density at radius 3 is 2.26 bits per heavy atom. The van der Waals surface area contributed by atoms with Crippen LogP contribution in [0.4, 0.5) is 13.2 Å². The van der Waals surface area contributed by atoms with E-state index in [1.165, 1.54) is 23.5 Å². The lowest BCUT2D eigenvalue weighted by Gasteiger charge is -2.08. The highest BCUT2D eigenvalue weighted by Crippen LogP contribution is 2.33. The van der Waals surface area contributed by atoms with Crippen LogP contribution in [0.3, 0.4) is 0 Å². The molecule has 0 aliphatic carbocycles. The third-order valence-electron chi connectivity index (χ3n) is 3.86. The average molecular weight is 391 g/mol. The van der Waals surface area contributed by atoms with Crippen molar-refractivity contribution < 1.29 is 22.6 Å². The van der Waals surface area contributed by atoms with Crippen molar-refractivity contribution in [1.82, 2.24) is 4.98 Å². The van der Waals surface area contributed by atoms with E-state index in [2.05, 4.69) is 4.98 Å². The molecule has 0 aliphatic rings. The van der Waals surface area contributed by atoms with Crippen LogP contribution in [0.25, 0.3) is 23.4 Å². The van der Waals surface area contributed by atoms with Crippen LogP contribution >= 0.6 is 11.3 Å². The molecular formula is C20H16F3NO2S. The zero-order chi connectivity index (χ0) is 19.4. The first-order valence-electron chi connectivity index (χ1n) is 7.94. The van der Waals surface area contributed by atoms with E-state index in [1.807, 2.05) is 23.6 Å². The Labute approximate surface area is 158 Å². The lowest BCUT2D eigenvalue weighted by molar-refractivity contribution is -0.137. The molecule has 27 heavy (non-hydrogen) atoms. The fraction of sp³-hybridized carbons (Fsp3) is 0.150. The molecule has 0 atom stereocenters. The summed E-state index contributed by atoms with van der Waals surface area (Å²) in [6, 6.07) is 10.5. The summed E-state index contributed by atoms with van der Waals surface area (Å²) in [6.45, 7) is 0. The number of alkyl halides is 3. The molecule has 1 aromatic heterocycles. The molecule has 0 unspecified atom stereocenters. The second-order valence-electron chi connectivity index (χ2n) is 5.59. The molecule has 0 bridgehead atoms. The van der Waals surface area contributed by atoms with Gasteiger partial charge in [0, 0.05) is 10.9 Å². The molecule has 3 rings (SSSR count). The van der Waals surface area contributed by atoms with E-state index in [9.17, 15) is 13.2 Å². The average Bonchev–Trinajstić information content (AvgIpc) is 3.14. The minimum absolute atomic E-state index is 0.616. The monoisotopic (exact) mass is 391 g/mol. The summed E-state index contributed by atoms with van der Waals surface area (Å²) in [4.78, 5) is 4.54. The quantitative estimate of drug-likeness (QED) is 0.533. The van der Waals surface area contributed by atoms with Gasteiger partial charge in [-0.2, -0.15) is 13.2 Å². The van der Waals surface area contributed by atoms with Crippen LogP contribution in [0.2, 0.25) is 0 Å². The smallest absolute Gasteiger partial charge is 0.416 e. The number of ether oxygens (including phenoxy) is 2. The molecule has 7 heteroatoms. The molecule has 0 saturated heterocycles. The molecule has 0 spiro atoms. The number of aromatic nitrogens is 1. The highest BCUT2D eigenvalue weighted by Gasteiger charge is 2.29. The predicted octanol–water partition coefficient (Wildman–Crippen LogP) is 6.02. The predicted molar refractivity (Wildman–Crippen MR) is 101 cm³/mol. The van der Waals surface area contributed by atoms with Gasteiger partial charge in [0.2, 0.25) is 0 Å². The summed E-state index contributed by atoms with van der Waals surface area (Å²) in [5.74, 6) is 1.25. The number of halogens is 3. The lowest BCUT2D eigenvalue weighted by atomic mass is 10.1. The first-order valence-corrected chi connectivity index (χ1v) is 8.82. The van der Waals surface area contributed by atoms with Gasteiger partial charge in [-0.25, -0.2) is 4.98 Å². The van der Waals surface area contributed by atoms with Crippen LogP contribution in [-0.2, 0) is 6.18 Å². The van der Waals surface area contributed by atoms with Crippen LogP contribution in [-0.4, -0.2) is 19.2 Å². The van der Waals surface area contributed by atoms with Crippen LogP contribution in [0.15, 0.2) is 47.8 Å². The number of hydrogen-bond acceptors (Lipinski definition) is 4. The Balaban J connectivity index is 1.77. The third-order valence-corrected chi connectivity index (χ3v) is 4.67. The molecule has 1 heterocycles. The Kier molecular flexibility index (Phi) is 5.51. The number of hydrogen-bond donors (Lipinski definition) is 0. The van der Waals surface area contributed by atoms with Crippen molar-refractivity contribution in [2.24, 2.45) is 0 Å². The zero-order valence-electron chi connectivity index (χ0n) is 14.6. The summed E-state index contributed by atoms with van der Waals surface area (Å²) in [6.07, 6.45) is -0.819. The summed E-state index contributed by atoms with van der Waals surface area (Å²) in [5.41, 5.74) is 1.68. The molecule has 3 nitrogen and oxygen atoms in total. The molecule has 2 aromatic carbocycles. The second-order valence-corrected chi connectivity index (χ2v) is 6.48. The van der Waals surface area contributed by atoms with Crippen molar-refractivity contribution in [2.45, 2.75) is 6.18 Å². The number of thiazole rings is 1. The SMILES string of the molecule is COc1ccc(-c2csc(/C=C/c3ccc(C(F)(F)F)cc3)n2)cc1OC. The Morgan fingerprint density at radius 2 is 1.63 bits per heavy atom. The lowest BCUT2D eigenvalue weighted by Crippen LogP contribution is -2.03. The molecule has 140 valence electrons. The standard InChI is InChI=1S/C20H16F3NO2S/c1-25-17-9-6-14(11-18(17)26-2)16-12-27-19(24-16)10-5-13-3-7-15(8-4-13)20(21,22)23/h3-12H,1-2H3/b10-5+. The fourth-order valence-electron chi connectivity index (χ4n) is 2.44. The molecule has 0 aliphatic heterocycles. The van der Waals surface area contributed by atoms with Gasteiger partial charge < -0.3 is 9.47 Å². The summed E-state index contributed by atoms with van der Waals surface area (Å²) in [5, 5.41) is 2.66. The van der Waals surface area contributed by atoms with Gasteiger partial charge in [0.25, 0.3) is 0 Å². The van der Waals surface area contributed by atoms with E-state index < -0.39 is 11.7 Å². The van der Waals surface area contributed by atoms with Crippen molar-refractivity contribution >= 4 is 23.5 Å². The minimum atomic E-state index is -4.33. The maximum absolute atomic E-state index is 12.6. The van der Waals surface area contributed by atoms with E-state index in [0.29, 0.717) is 17.1 Å². The number of benzene rings is 2. The van der Waals surface area contributed by atoms with E-state index in [1.54, 1.807) is 26.4 Å². The van der Waals surface area contributed by atoms with Crippen molar-refractivity contribution in [3.63, 3.8) is 0 Å². The Bertz CT molecular complexity index is 947. The van der Waals surface area contributed by atoms with Gasteiger partial charge in [-0.3, -0.25) is 0 Å². The van der Waals surface area contributed by atoms with Gasteiger partial charge in [-0.1, -0.05) is 18.2 Å². The third kappa shape index (κ3) is 4.49. The molecule has 0 radical (unpaired) electrons. The maximum atomic E-state index is 12.6. The van der Waals surface area contributed by atoms with Crippen molar-refractivity contribution in [1.29, 1.82) is 0 Å². The fourth-order valence-corrected chi connectivity index (χ4v) is 3.16. The molecule has 3 aromatic rings. The highest BCUT2D eigenvalue weighted by atomic mass is 32.1. The van der Waals surface area contributed by atoms with Crippen LogP contribution < -0.4 is 9.47 Å². The first kappa shape index (κ1) is 19.0. The van der Waals surface area contributed by atoms with Crippen LogP contribution in [0.5, 0.6) is 11.5 Å². The number of nitrogens with zero attached hydrogens (tertiary/aromatic N) is 1. The minimum Gasteiger partial charge on any atom is -0.493 e. The van der Waals surface area contributed by atoms with Gasteiger partial charge in [0.05, 0.1) is 25.5 Å². The van der Waals surface area contributed by atoms with Crippen molar-refractivity contribution in [3.8, 4) is 22.8 Å². The topological polar surface area (TPSA) is 31.4 Å². The van der Waals surface area contributed by atoms with Gasteiger partial charge >= 0.3 is 6.18 Å². The second kappa shape index (κ2) is 7.84. The molecule has 0 saturated carbocycles. The van der Waals surface area contributed by atoms with E-state index in [4.69, 9.17) is 9.47 Å². The van der Waals surface area contributed by atoms with Crippen LogP contribution in [0, 0.1) is 0 Å². The van der Waals surface area contributed by atoms with Gasteiger partial charge in [-0.05, 0) is 42.0 Å². The first-order chi connectivity index (χ1) is 12.9. The van der Waals surface area contributed by atoms with Crippen LogP contribution in [0.1, 0.15) is 16.1 Å². The van der Waals surface area contributed by atoms with Crippen molar-refractivity contribution in [3.05, 3.63) is 64.0 Å². The highest BCUT2D eigenvalue weighted by molar-refractivity contribution is 7.10. The largest absolute Gasteiger partial charge is 0.493 e. The molecule has 0 amide bonds. The molecule has 0 N–H and O–H groups in total. The molecule has 0 fully saturated rings. The van der Waals surface area contributed by atoms with Gasteiger partial charge in [-0.15, -0.1) is 11.3 Å². The summed E-state index contributed by atoms with van der Waals surface area (Å²) >= 11 is 1.44. The normalized spacial score (nSPS) is 11.7. The zero-order valence-corrected chi connectivity index (χ0v) is 15.4. The maximum Gasteiger partial charge on any atom is 0.416 e. The number of rotatable bonds is 5. The summed E-state index contributed by atoms with van der Waals surface area (Å²) in [7, 11) is 3.14. The van der Waals surface area contributed by atoms with E-state index in [0.717, 1.165) is 28.4 Å².